The lowest BCUT2D eigenvalue weighted by atomic mass is 10.2. The van der Waals surface area contributed by atoms with Crippen LogP contribution in [0.4, 0.5) is 0 Å². The number of amides is 1. The summed E-state index contributed by atoms with van der Waals surface area (Å²) >= 11 is 0. The Labute approximate surface area is 119 Å². The topological polar surface area (TPSA) is 56.6 Å². The summed E-state index contributed by atoms with van der Waals surface area (Å²) in [5.74, 6) is 0.434. The van der Waals surface area contributed by atoms with Crippen molar-refractivity contribution < 1.29 is 9.53 Å². The van der Waals surface area contributed by atoms with E-state index in [-0.39, 0.29) is 12.5 Å². The number of hydrogen-bond donors (Lipinski definition) is 0. The number of ether oxygens (including phenoxy) is 1. The SMILES string of the molecule is CC1CN(C(=O)COc2ccccc2C#N)CCN1C. The third-order valence-corrected chi connectivity index (χ3v) is 3.67. The number of benzene rings is 1. The first-order valence-electron chi connectivity index (χ1n) is 6.71. The second-order valence-electron chi connectivity index (χ2n) is 5.07. The van der Waals surface area contributed by atoms with Crippen molar-refractivity contribution in [1.82, 2.24) is 9.80 Å². The Bertz CT molecular complexity index is 524. The van der Waals surface area contributed by atoms with Gasteiger partial charge in [-0.15, -0.1) is 0 Å². The van der Waals surface area contributed by atoms with Crippen LogP contribution in [0.5, 0.6) is 5.75 Å². The molecule has 0 aromatic heterocycles. The molecule has 106 valence electrons. The van der Waals surface area contributed by atoms with Gasteiger partial charge in [0, 0.05) is 25.7 Å². The molecule has 5 nitrogen and oxygen atoms in total. The minimum absolute atomic E-state index is 0.0187. The summed E-state index contributed by atoms with van der Waals surface area (Å²) < 4.78 is 5.48. The number of carbonyl (C=O) groups is 1. The predicted octanol–water partition coefficient (Wildman–Crippen LogP) is 1.10. The Morgan fingerprint density at radius 3 is 2.90 bits per heavy atom. The van der Waals surface area contributed by atoms with E-state index in [0.29, 0.717) is 17.4 Å². The molecule has 0 N–H and O–H groups in total. The molecule has 1 aliphatic heterocycles. The van der Waals surface area contributed by atoms with Crippen molar-refractivity contribution in [2.45, 2.75) is 13.0 Å². The number of carbonyl (C=O) groups excluding carboxylic acids is 1. The fraction of sp³-hybridized carbons (Fsp3) is 0.467. The van der Waals surface area contributed by atoms with Gasteiger partial charge < -0.3 is 14.5 Å². The summed E-state index contributed by atoms with van der Waals surface area (Å²) in [6.07, 6.45) is 0. The van der Waals surface area contributed by atoms with Crippen LogP contribution in [0.1, 0.15) is 12.5 Å². The van der Waals surface area contributed by atoms with Crippen molar-refractivity contribution in [3.63, 3.8) is 0 Å². The normalized spacial score (nSPS) is 19.4. The maximum atomic E-state index is 12.1. The van der Waals surface area contributed by atoms with E-state index in [1.807, 2.05) is 4.90 Å². The average Bonchev–Trinajstić information content (AvgIpc) is 2.47. The first-order valence-corrected chi connectivity index (χ1v) is 6.71. The van der Waals surface area contributed by atoms with Crippen LogP contribution in [0.3, 0.4) is 0 Å². The minimum Gasteiger partial charge on any atom is -0.482 e. The summed E-state index contributed by atoms with van der Waals surface area (Å²) in [7, 11) is 2.06. The molecule has 1 aromatic carbocycles. The molecule has 0 spiro atoms. The van der Waals surface area contributed by atoms with Gasteiger partial charge in [0.15, 0.2) is 6.61 Å². The molecule has 0 aliphatic carbocycles. The zero-order valence-electron chi connectivity index (χ0n) is 11.9. The number of nitriles is 1. The molecule has 5 heteroatoms. The lowest BCUT2D eigenvalue weighted by Gasteiger charge is -2.37. The number of nitrogens with zero attached hydrogens (tertiary/aromatic N) is 3. The quantitative estimate of drug-likeness (QED) is 0.827. The lowest BCUT2D eigenvalue weighted by molar-refractivity contribution is -0.135. The molecule has 0 bridgehead atoms. The van der Waals surface area contributed by atoms with Crippen LogP contribution in [0.2, 0.25) is 0 Å². The second kappa shape index (κ2) is 6.40. The Balaban J connectivity index is 1.91. The van der Waals surface area contributed by atoms with Crippen molar-refractivity contribution in [3.05, 3.63) is 29.8 Å². The predicted molar refractivity (Wildman–Crippen MR) is 75.3 cm³/mol. The van der Waals surface area contributed by atoms with Gasteiger partial charge >= 0.3 is 0 Å². The van der Waals surface area contributed by atoms with Gasteiger partial charge in [-0.1, -0.05) is 12.1 Å². The van der Waals surface area contributed by atoms with Crippen LogP contribution in [0.15, 0.2) is 24.3 Å². The highest BCUT2D eigenvalue weighted by Crippen LogP contribution is 2.16. The van der Waals surface area contributed by atoms with E-state index in [0.717, 1.165) is 19.6 Å². The van der Waals surface area contributed by atoms with Gasteiger partial charge in [-0.25, -0.2) is 0 Å². The van der Waals surface area contributed by atoms with E-state index < -0.39 is 0 Å². The summed E-state index contributed by atoms with van der Waals surface area (Å²) in [5.41, 5.74) is 0.451. The van der Waals surface area contributed by atoms with Crippen LogP contribution in [0.25, 0.3) is 0 Å². The van der Waals surface area contributed by atoms with Crippen molar-refractivity contribution >= 4 is 5.91 Å². The fourth-order valence-electron chi connectivity index (χ4n) is 2.19. The van der Waals surface area contributed by atoms with Gasteiger partial charge in [0.25, 0.3) is 5.91 Å². The average molecular weight is 273 g/mol. The summed E-state index contributed by atoms with van der Waals surface area (Å²) in [5, 5.41) is 8.97. The maximum absolute atomic E-state index is 12.1. The second-order valence-corrected chi connectivity index (χ2v) is 5.07. The molecule has 1 fully saturated rings. The Morgan fingerprint density at radius 1 is 1.45 bits per heavy atom. The van der Waals surface area contributed by atoms with Crippen LogP contribution >= 0.6 is 0 Å². The summed E-state index contributed by atoms with van der Waals surface area (Å²) in [4.78, 5) is 16.2. The van der Waals surface area contributed by atoms with Gasteiger partial charge in [0.05, 0.1) is 5.56 Å². The first-order chi connectivity index (χ1) is 9.61. The van der Waals surface area contributed by atoms with Crippen molar-refractivity contribution in [1.29, 1.82) is 5.26 Å². The van der Waals surface area contributed by atoms with Gasteiger partial charge in [-0.3, -0.25) is 4.79 Å². The van der Waals surface area contributed by atoms with Gasteiger partial charge in [0.1, 0.15) is 11.8 Å². The summed E-state index contributed by atoms with van der Waals surface area (Å²) in [6, 6.07) is 9.36. The van der Waals surface area contributed by atoms with Crippen molar-refractivity contribution in [3.8, 4) is 11.8 Å². The molecule has 1 aromatic rings. The molecule has 1 saturated heterocycles. The Kier molecular flexibility index (Phi) is 4.59. The highest BCUT2D eigenvalue weighted by Gasteiger charge is 2.24. The van der Waals surface area contributed by atoms with E-state index in [2.05, 4.69) is 24.9 Å². The molecule has 0 radical (unpaired) electrons. The van der Waals surface area contributed by atoms with Crippen molar-refractivity contribution in [2.24, 2.45) is 0 Å². The third kappa shape index (κ3) is 3.28. The smallest absolute Gasteiger partial charge is 0.260 e. The summed E-state index contributed by atoms with van der Waals surface area (Å²) in [6.45, 7) is 4.41. The molecule has 0 saturated carbocycles. The van der Waals surface area contributed by atoms with Gasteiger partial charge in [-0.05, 0) is 26.1 Å². The van der Waals surface area contributed by atoms with E-state index in [1.165, 1.54) is 0 Å². The van der Waals surface area contributed by atoms with E-state index in [4.69, 9.17) is 10.00 Å². The fourth-order valence-corrected chi connectivity index (χ4v) is 2.19. The largest absolute Gasteiger partial charge is 0.482 e. The molecule has 1 unspecified atom stereocenters. The van der Waals surface area contributed by atoms with Crippen LogP contribution in [0, 0.1) is 11.3 Å². The number of likely N-dealkylation sites (N-methyl/N-ethyl adjacent to an activating group) is 1. The molecular formula is C15H19N3O2. The Morgan fingerprint density at radius 2 is 2.20 bits per heavy atom. The van der Waals surface area contributed by atoms with Crippen molar-refractivity contribution in [2.75, 3.05) is 33.3 Å². The van der Waals surface area contributed by atoms with Gasteiger partial charge in [-0.2, -0.15) is 5.26 Å². The molecule has 2 rings (SSSR count). The zero-order chi connectivity index (χ0) is 14.5. The minimum atomic E-state index is -0.0299. The Hall–Kier alpha value is -2.06. The van der Waals surface area contributed by atoms with E-state index in [1.54, 1.807) is 24.3 Å². The van der Waals surface area contributed by atoms with E-state index >= 15 is 0 Å². The van der Waals surface area contributed by atoms with Crippen LogP contribution in [-0.2, 0) is 4.79 Å². The number of hydrogen-bond acceptors (Lipinski definition) is 4. The molecule has 1 aliphatic rings. The van der Waals surface area contributed by atoms with Crippen LogP contribution < -0.4 is 4.74 Å². The highest BCUT2D eigenvalue weighted by molar-refractivity contribution is 5.78. The van der Waals surface area contributed by atoms with Crippen LogP contribution in [-0.4, -0.2) is 55.0 Å². The van der Waals surface area contributed by atoms with E-state index in [9.17, 15) is 4.79 Å². The first kappa shape index (κ1) is 14.4. The monoisotopic (exact) mass is 273 g/mol. The number of piperazine rings is 1. The van der Waals surface area contributed by atoms with Gasteiger partial charge in [0.2, 0.25) is 0 Å². The number of rotatable bonds is 3. The molecule has 1 atom stereocenters. The molecule has 1 heterocycles. The lowest BCUT2D eigenvalue weighted by Crippen LogP contribution is -2.53. The third-order valence-electron chi connectivity index (χ3n) is 3.67. The number of para-hydroxylation sites is 1. The molecule has 20 heavy (non-hydrogen) atoms. The maximum Gasteiger partial charge on any atom is 0.260 e. The highest BCUT2D eigenvalue weighted by atomic mass is 16.5. The molecular weight excluding hydrogens is 254 g/mol. The zero-order valence-corrected chi connectivity index (χ0v) is 11.9. The molecule has 1 amide bonds. The standard InChI is InChI=1S/C15H19N3O2/c1-12-10-18(8-7-17(12)2)15(19)11-20-14-6-4-3-5-13(14)9-16/h3-6,12H,7-8,10-11H2,1-2H3.